The van der Waals surface area contributed by atoms with Crippen molar-refractivity contribution in [1.29, 1.82) is 4.78 Å². The number of aryl methyl sites for hydroxylation is 1. The molecule has 0 aliphatic rings. The average molecular weight is 852 g/mol. The molecule has 0 fully saturated rings. The van der Waals surface area contributed by atoms with Crippen molar-refractivity contribution in [3.05, 3.63) is 113 Å². The largest absolute Gasteiger partial charge is 3.00 e. The number of phenols is 1. The standard InChI is InChI=1S/C18H16N4O5S.C16H15N5O4S.Co.Na/c1-10(23)20-13-4-2-3-11-5-7-16(25)18(17(11)13)22-21-14-9-12(28(19,26)27)6-8-15(14)24;1-10-15(16(23)21(20-10)11-5-3-2-4-6-11)19-18-13-9-12(26(17,24)25)7-8-14(13)22;;/h2-9,24-25H,1H3,(H,20,23)(H2,19,26,27);2-9,20,22H,1H3,(H2,17,24,25);;/q;;+3;+1/p-4. The van der Waals surface area contributed by atoms with E-state index in [0.717, 1.165) is 36.4 Å². The molecule has 0 spiro atoms. The minimum absolute atomic E-state index is 0. The maximum absolute atomic E-state index is 12.5. The van der Waals surface area contributed by atoms with Crippen LogP contribution in [0.4, 0.5) is 28.4 Å². The number of sulfonamides is 1. The van der Waals surface area contributed by atoms with Gasteiger partial charge < -0.3 is 25.0 Å². The van der Waals surface area contributed by atoms with Crippen molar-refractivity contribution in [2.45, 2.75) is 23.6 Å². The normalized spacial score (nSPS) is 12.8. The van der Waals surface area contributed by atoms with Crippen molar-refractivity contribution < 1.29 is 83.9 Å². The summed E-state index contributed by atoms with van der Waals surface area (Å²) in [5.41, 5.74) is 0.311. The molecule has 0 aliphatic carbocycles. The number of nitrogens with zero attached hydrogens (tertiary/aromatic N) is 6. The number of aromatic nitrogens is 2. The van der Waals surface area contributed by atoms with Gasteiger partial charge in [0.1, 0.15) is 11.4 Å². The van der Waals surface area contributed by atoms with Crippen LogP contribution in [0.15, 0.2) is 137 Å². The van der Waals surface area contributed by atoms with Gasteiger partial charge in [0.2, 0.25) is 10.0 Å². The van der Waals surface area contributed by atoms with Gasteiger partial charge in [-0.1, -0.05) is 60.0 Å². The molecule has 0 saturated heterocycles. The molecule has 0 aliphatic heterocycles. The number of hydrogen-bond acceptors (Lipinski definition) is 15. The number of primary sulfonamides is 1. The molecule has 284 valence electrons. The summed E-state index contributed by atoms with van der Waals surface area (Å²) in [6, 6.07) is 22.8. The molecular weight excluding hydrogens is 824 g/mol. The number of H-pyrrole nitrogens is 1. The average Bonchev–Trinajstić information content (AvgIpc) is 3.39. The molecule has 0 bridgehead atoms. The first-order valence-corrected chi connectivity index (χ1v) is 18.3. The molecular formula is C34H27CoN9NaO9S2. The molecule has 1 aromatic heterocycles. The Labute approximate surface area is 351 Å². The number of para-hydroxylation sites is 1. The first-order chi connectivity index (χ1) is 25.4. The van der Waals surface area contributed by atoms with Gasteiger partial charge in [-0.3, -0.25) is 23.9 Å². The summed E-state index contributed by atoms with van der Waals surface area (Å²) in [5, 5.41) is 69.5. The number of fused-ring (bicyclic) bond motifs is 1. The third-order valence-electron chi connectivity index (χ3n) is 7.32. The number of benzene rings is 5. The van der Waals surface area contributed by atoms with Crippen molar-refractivity contribution in [3.8, 4) is 22.9 Å². The van der Waals surface area contributed by atoms with E-state index in [1.54, 1.807) is 49.4 Å². The topological polar surface area (TPSA) is 313 Å². The van der Waals surface area contributed by atoms with Crippen LogP contribution in [0.25, 0.3) is 16.5 Å². The maximum Gasteiger partial charge on any atom is 3.00 e. The zero-order chi connectivity index (χ0) is 39.4. The van der Waals surface area contributed by atoms with E-state index in [4.69, 9.17) is 9.92 Å². The van der Waals surface area contributed by atoms with Crippen LogP contribution in [0.2, 0.25) is 0 Å². The first kappa shape index (κ1) is 45.2. The number of azo groups is 2. The Hall–Kier alpha value is -5.23. The van der Waals surface area contributed by atoms with Crippen molar-refractivity contribution in [2.75, 3.05) is 0 Å². The smallest absolute Gasteiger partial charge is 0.871 e. The number of hydrogen-bond donors (Lipinski definition) is 4. The van der Waals surface area contributed by atoms with E-state index in [9.17, 15) is 42.4 Å². The van der Waals surface area contributed by atoms with E-state index in [1.807, 2.05) is 6.07 Å². The number of phenolic OH excluding ortho intramolecular Hbond substituents is 1. The number of aromatic amines is 1. The Kier molecular flexibility index (Phi) is 15.0. The zero-order valence-corrected chi connectivity index (χ0v) is 34.0. The van der Waals surface area contributed by atoms with Crippen LogP contribution in [-0.4, -0.2) is 38.0 Å². The molecule has 0 radical (unpaired) electrons. The van der Waals surface area contributed by atoms with E-state index < -0.39 is 47.9 Å². The van der Waals surface area contributed by atoms with Crippen LogP contribution in [-0.2, 0) is 36.8 Å². The van der Waals surface area contributed by atoms with Gasteiger partial charge in [0.05, 0.1) is 33.3 Å². The van der Waals surface area contributed by atoms with Gasteiger partial charge in [0.15, 0.2) is 5.69 Å². The van der Waals surface area contributed by atoms with Gasteiger partial charge in [-0.05, 0) is 73.7 Å². The van der Waals surface area contributed by atoms with Gasteiger partial charge in [-0.2, -0.15) is 10.2 Å². The molecule has 56 heavy (non-hydrogen) atoms. The zero-order valence-electron chi connectivity index (χ0n) is 29.4. The Morgan fingerprint density at radius 3 is 2.05 bits per heavy atom. The maximum atomic E-state index is 12.5. The van der Waals surface area contributed by atoms with Gasteiger partial charge in [-0.15, -0.1) is 10.2 Å². The monoisotopic (exact) mass is 851 g/mol. The van der Waals surface area contributed by atoms with E-state index >= 15 is 0 Å². The molecule has 5 N–H and O–H groups in total. The third-order valence-corrected chi connectivity index (χ3v) is 9.11. The van der Waals surface area contributed by atoms with Crippen molar-refractivity contribution in [1.82, 2.24) is 9.78 Å². The Morgan fingerprint density at radius 2 is 1.41 bits per heavy atom. The molecule has 5 aromatic carbocycles. The second kappa shape index (κ2) is 18.6. The molecule has 0 amide bonds. The van der Waals surface area contributed by atoms with Crippen molar-refractivity contribution >= 4 is 65.1 Å². The third kappa shape index (κ3) is 10.7. The molecule has 6 aromatic rings. The van der Waals surface area contributed by atoms with E-state index in [0.29, 0.717) is 16.8 Å². The van der Waals surface area contributed by atoms with Crippen molar-refractivity contribution in [2.24, 2.45) is 30.6 Å². The molecule has 0 saturated carbocycles. The van der Waals surface area contributed by atoms with Crippen LogP contribution >= 0.6 is 0 Å². The first-order valence-electron chi connectivity index (χ1n) is 15.3. The minimum Gasteiger partial charge on any atom is -0.871 e. The van der Waals surface area contributed by atoms with Gasteiger partial charge in [0, 0.05) is 20.3 Å². The molecule has 1 unspecified atom stereocenters. The number of aliphatic imine (C=N–C) groups is 1. The van der Waals surface area contributed by atoms with E-state index in [-0.39, 0.29) is 90.8 Å². The minimum atomic E-state index is -4.29. The summed E-state index contributed by atoms with van der Waals surface area (Å²) in [6.07, 6.45) is 0. The van der Waals surface area contributed by atoms with Crippen LogP contribution in [0, 0.1) is 11.7 Å². The predicted molar refractivity (Wildman–Crippen MR) is 191 cm³/mol. The molecule has 1 heterocycles. The fourth-order valence-corrected chi connectivity index (χ4v) is 5.86. The summed E-state index contributed by atoms with van der Waals surface area (Å²) in [7, 11) is -8.25. The van der Waals surface area contributed by atoms with E-state index in [2.05, 4.69) is 30.5 Å². The second-order valence-electron chi connectivity index (χ2n) is 11.2. The Morgan fingerprint density at radius 1 is 0.804 bits per heavy atom. The molecule has 6 rings (SSSR count). The van der Waals surface area contributed by atoms with Crippen LogP contribution in [0.3, 0.4) is 0 Å². The van der Waals surface area contributed by atoms with Crippen LogP contribution in [0.1, 0.15) is 12.6 Å². The van der Waals surface area contributed by atoms with Crippen LogP contribution in [0.5, 0.6) is 17.2 Å². The fraction of sp³-hybridized carbons (Fsp3) is 0.0588. The SMILES string of the molecule is CC([O-])=Nc1cccc2ccc([O-])c(N=Nc3cc(S(=N)(=O)[O-])ccc3[O-])c12.Cc1[nH]n(-c2ccccc2)c(=O)c1N=Nc1cc(S(N)(=O)=O)ccc1O.[Co+3].[Na+]. The summed E-state index contributed by atoms with van der Waals surface area (Å²) in [5.74, 6) is -1.91. The second-order valence-corrected chi connectivity index (χ2v) is 14.2. The van der Waals surface area contributed by atoms with Gasteiger partial charge >= 0.3 is 46.3 Å². The molecule has 22 heteroatoms. The Bertz CT molecular complexity index is 2770. The summed E-state index contributed by atoms with van der Waals surface area (Å²) < 4.78 is 53.9. The van der Waals surface area contributed by atoms with Gasteiger partial charge in [0.25, 0.3) is 5.56 Å². The van der Waals surface area contributed by atoms with Crippen molar-refractivity contribution in [3.63, 3.8) is 0 Å². The van der Waals surface area contributed by atoms with Crippen LogP contribution < -0.4 is 55.6 Å². The number of rotatable bonds is 8. The summed E-state index contributed by atoms with van der Waals surface area (Å²) in [4.78, 5) is 15.7. The predicted octanol–water partition coefficient (Wildman–Crippen LogP) is 1.59. The molecule has 18 nitrogen and oxygen atoms in total. The number of aromatic hydroxyl groups is 1. The quantitative estimate of drug-likeness (QED) is 0.0747. The number of nitrogens with one attached hydrogen (secondary N) is 2. The van der Waals surface area contributed by atoms with E-state index in [1.165, 1.54) is 23.7 Å². The Balaban J connectivity index is 0.000000291. The fourth-order valence-electron chi connectivity index (χ4n) is 4.81. The number of nitrogens with two attached hydrogens (primary N) is 1. The van der Waals surface area contributed by atoms with Gasteiger partial charge in [-0.25, -0.2) is 18.2 Å². The molecule has 1 atom stereocenters. The summed E-state index contributed by atoms with van der Waals surface area (Å²) in [6.45, 7) is 2.91. The summed E-state index contributed by atoms with van der Waals surface area (Å²) >= 11 is 0.